The van der Waals surface area contributed by atoms with Crippen molar-refractivity contribution in [2.24, 2.45) is 0 Å². The molecule has 6 heteroatoms. The summed E-state index contributed by atoms with van der Waals surface area (Å²) in [6.45, 7) is 4.03. The average Bonchev–Trinajstić information content (AvgIpc) is 2.82. The van der Waals surface area contributed by atoms with Gasteiger partial charge in [-0.2, -0.15) is 13.2 Å². The molecule has 0 amide bonds. The third kappa shape index (κ3) is 8.87. The van der Waals surface area contributed by atoms with Crippen LogP contribution in [0.3, 0.4) is 0 Å². The number of alkyl halides is 3. The van der Waals surface area contributed by atoms with Crippen LogP contribution in [0, 0.1) is 0 Å². The molecular weight excluding hydrogens is 451 g/mol. The number of hydrogen-bond acceptors (Lipinski definition) is 3. The van der Waals surface area contributed by atoms with Crippen molar-refractivity contribution in [1.29, 1.82) is 0 Å². The van der Waals surface area contributed by atoms with Gasteiger partial charge in [0, 0.05) is 6.92 Å². The van der Waals surface area contributed by atoms with Crippen LogP contribution in [-0.4, -0.2) is 11.0 Å². The fraction of sp³-hybridized carbons (Fsp3) is 0.345. The summed E-state index contributed by atoms with van der Waals surface area (Å²) in [7, 11) is 0. The van der Waals surface area contributed by atoms with E-state index in [9.17, 15) is 18.0 Å². The molecule has 3 aromatic carbocycles. The summed E-state index contributed by atoms with van der Waals surface area (Å²) in [5.41, 5.74) is 4.77. The molecule has 0 radical (unpaired) electrons. The number of rotatable bonds is 11. The molecule has 3 rings (SSSR count). The summed E-state index contributed by atoms with van der Waals surface area (Å²) >= 11 is 0. The van der Waals surface area contributed by atoms with Gasteiger partial charge in [0.25, 0.3) is 0 Å². The molecule has 3 aromatic rings. The number of halogens is 3. The number of aryl methyl sites for hydroxylation is 3. The molecule has 0 spiro atoms. The van der Waals surface area contributed by atoms with Gasteiger partial charge >= 0.3 is 12.1 Å². The third-order valence-electron chi connectivity index (χ3n) is 5.82. The van der Waals surface area contributed by atoms with Gasteiger partial charge in [-0.1, -0.05) is 74.0 Å². The van der Waals surface area contributed by atoms with E-state index in [0.29, 0.717) is 12.1 Å². The number of unbranched alkanes of at least 4 members (excludes halogenated alkanes) is 1. The third-order valence-corrected chi connectivity index (χ3v) is 5.82. The SMILES string of the molecule is CCCCc1ccc(CCc2ccc(CN(Cc3ccc(C(F)(F)F)cc3)OC(C)=O)cc2)cc1. The van der Waals surface area contributed by atoms with Crippen LogP contribution in [0.1, 0.15) is 60.1 Å². The second kappa shape index (κ2) is 12.5. The predicted octanol–water partition coefficient (Wildman–Crippen LogP) is 7.31. The molecule has 0 N–H and O–H groups in total. The molecule has 0 aliphatic carbocycles. The van der Waals surface area contributed by atoms with Gasteiger partial charge in [-0.3, -0.25) is 4.79 Å². The highest BCUT2D eigenvalue weighted by atomic mass is 19.4. The maximum atomic E-state index is 12.8. The predicted molar refractivity (Wildman–Crippen MR) is 131 cm³/mol. The minimum absolute atomic E-state index is 0.188. The van der Waals surface area contributed by atoms with Gasteiger partial charge in [0.2, 0.25) is 0 Å². The number of hydrogen-bond donors (Lipinski definition) is 0. The van der Waals surface area contributed by atoms with E-state index in [-0.39, 0.29) is 6.54 Å². The number of carbonyl (C=O) groups is 1. The van der Waals surface area contributed by atoms with Crippen LogP contribution in [0.15, 0.2) is 72.8 Å². The lowest BCUT2D eigenvalue weighted by molar-refractivity contribution is -0.194. The van der Waals surface area contributed by atoms with Crippen molar-refractivity contribution >= 4 is 5.97 Å². The monoisotopic (exact) mass is 483 g/mol. The second-order valence-corrected chi connectivity index (χ2v) is 8.81. The first kappa shape index (κ1) is 26.5. The topological polar surface area (TPSA) is 29.5 Å². The Morgan fingerprint density at radius 1 is 0.714 bits per heavy atom. The van der Waals surface area contributed by atoms with Crippen molar-refractivity contribution in [2.75, 3.05) is 0 Å². The fourth-order valence-electron chi connectivity index (χ4n) is 3.86. The minimum Gasteiger partial charge on any atom is -0.368 e. The van der Waals surface area contributed by atoms with E-state index in [1.54, 1.807) is 0 Å². The summed E-state index contributed by atoms with van der Waals surface area (Å²) in [6.07, 6.45) is 1.04. The fourth-order valence-corrected chi connectivity index (χ4v) is 3.86. The van der Waals surface area contributed by atoms with Crippen LogP contribution < -0.4 is 0 Å². The van der Waals surface area contributed by atoms with E-state index in [2.05, 4.69) is 43.3 Å². The molecule has 35 heavy (non-hydrogen) atoms. The van der Waals surface area contributed by atoms with Crippen LogP contribution in [0.4, 0.5) is 13.2 Å². The Balaban J connectivity index is 1.56. The molecule has 0 aliphatic heterocycles. The lowest BCUT2D eigenvalue weighted by atomic mass is 10.0. The van der Waals surface area contributed by atoms with Crippen LogP contribution in [0.5, 0.6) is 0 Å². The van der Waals surface area contributed by atoms with E-state index in [0.717, 1.165) is 37.0 Å². The van der Waals surface area contributed by atoms with Gasteiger partial charge in [-0.05, 0) is 65.6 Å². The Kier molecular flexibility index (Phi) is 9.49. The maximum Gasteiger partial charge on any atom is 0.416 e. The maximum absolute atomic E-state index is 12.8. The highest BCUT2D eigenvalue weighted by Crippen LogP contribution is 2.29. The lowest BCUT2D eigenvalue weighted by Crippen LogP contribution is -2.25. The molecule has 0 unspecified atom stereocenters. The van der Waals surface area contributed by atoms with Crippen molar-refractivity contribution in [1.82, 2.24) is 5.06 Å². The van der Waals surface area contributed by atoms with Crippen molar-refractivity contribution < 1.29 is 22.8 Å². The van der Waals surface area contributed by atoms with Gasteiger partial charge in [0.15, 0.2) is 0 Å². The van der Waals surface area contributed by atoms with Gasteiger partial charge in [0.05, 0.1) is 18.7 Å². The van der Waals surface area contributed by atoms with Gasteiger partial charge in [-0.25, -0.2) is 0 Å². The highest BCUT2D eigenvalue weighted by Gasteiger charge is 2.30. The molecule has 0 aromatic heterocycles. The smallest absolute Gasteiger partial charge is 0.368 e. The lowest BCUT2D eigenvalue weighted by Gasteiger charge is -2.21. The quantitative estimate of drug-likeness (QED) is 0.268. The Morgan fingerprint density at radius 3 is 1.51 bits per heavy atom. The Bertz CT molecular complexity index is 1060. The molecule has 186 valence electrons. The van der Waals surface area contributed by atoms with Gasteiger partial charge in [0.1, 0.15) is 0 Å². The van der Waals surface area contributed by atoms with Gasteiger partial charge < -0.3 is 4.84 Å². The Labute approximate surface area is 205 Å². The van der Waals surface area contributed by atoms with E-state index in [4.69, 9.17) is 4.84 Å². The average molecular weight is 484 g/mol. The molecule has 0 heterocycles. The van der Waals surface area contributed by atoms with E-state index in [1.807, 2.05) is 12.1 Å². The first-order chi connectivity index (χ1) is 16.7. The number of nitrogens with zero attached hydrogens (tertiary/aromatic N) is 1. The molecule has 0 saturated carbocycles. The molecule has 0 atom stereocenters. The minimum atomic E-state index is -4.38. The van der Waals surface area contributed by atoms with E-state index >= 15 is 0 Å². The zero-order valence-electron chi connectivity index (χ0n) is 20.3. The molecule has 0 saturated heterocycles. The van der Waals surface area contributed by atoms with E-state index in [1.165, 1.54) is 53.7 Å². The van der Waals surface area contributed by atoms with Crippen LogP contribution in [0.25, 0.3) is 0 Å². The van der Waals surface area contributed by atoms with Crippen LogP contribution >= 0.6 is 0 Å². The van der Waals surface area contributed by atoms with Crippen molar-refractivity contribution in [3.05, 3.63) is 106 Å². The zero-order chi connectivity index (χ0) is 25.3. The Morgan fingerprint density at radius 2 is 1.11 bits per heavy atom. The van der Waals surface area contributed by atoms with Crippen molar-refractivity contribution in [3.63, 3.8) is 0 Å². The van der Waals surface area contributed by atoms with Crippen LogP contribution in [-0.2, 0) is 48.2 Å². The van der Waals surface area contributed by atoms with E-state index < -0.39 is 17.7 Å². The molecule has 0 bridgehead atoms. The Hall–Kier alpha value is -3.12. The molecular formula is C29H32F3NO2. The number of carbonyl (C=O) groups excluding carboxylic acids is 1. The molecule has 3 nitrogen and oxygen atoms in total. The van der Waals surface area contributed by atoms with Gasteiger partial charge in [-0.15, -0.1) is 5.06 Å². The zero-order valence-corrected chi connectivity index (χ0v) is 20.3. The van der Waals surface area contributed by atoms with Crippen molar-refractivity contribution in [2.45, 2.75) is 65.2 Å². The summed E-state index contributed by atoms with van der Waals surface area (Å²) in [5.74, 6) is -0.478. The van der Waals surface area contributed by atoms with Crippen molar-refractivity contribution in [3.8, 4) is 0 Å². The first-order valence-corrected chi connectivity index (χ1v) is 12.0. The summed E-state index contributed by atoms with van der Waals surface area (Å²) < 4.78 is 38.4. The number of hydroxylamine groups is 2. The van der Waals surface area contributed by atoms with Crippen LogP contribution in [0.2, 0.25) is 0 Å². The molecule has 0 aliphatic rings. The standard InChI is InChI=1S/C29H32F3NO2/c1-3-4-5-23-6-8-24(9-7-23)10-11-25-12-14-26(15-13-25)20-33(35-22(2)34)21-27-16-18-28(19-17-27)29(30,31)32/h6-9,12-19H,3-5,10-11,20-21H2,1-2H3. The molecule has 0 fully saturated rings. The largest absolute Gasteiger partial charge is 0.416 e. The summed E-state index contributed by atoms with van der Waals surface area (Å²) in [4.78, 5) is 16.9. The normalized spacial score (nSPS) is 11.6. The summed E-state index contributed by atoms with van der Waals surface area (Å²) in [5, 5.41) is 1.46. The summed E-state index contributed by atoms with van der Waals surface area (Å²) in [6, 6.07) is 21.8. The first-order valence-electron chi connectivity index (χ1n) is 12.0. The number of benzene rings is 3. The second-order valence-electron chi connectivity index (χ2n) is 8.81. The highest BCUT2D eigenvalue weighted by molar-refractivity contribution is 5.65.